The number of aliphatic hydroxyl groups is 1. The summed E-state index contributed by atoms with van der Waals surface area (Å²) in [7, 11) is 0. The third-order valence-corrected chi connectivity index (χ3v) is 7.15. The SMILES string of the molecule is CCC(Nc1cc(C(F)F)c(-c2sc(C(=O)NCC(C)(C)O)nc2C(=O)N2CCCC2C)cn1)C(F)(F)F. The summed E-state index contributed by atoms with van der Waals surface area (Å²) in [6, 6.07) is -1.30. The second-order valence-electron chi connectivity index (χ2n) is 9.79. The molecule has 8 nitrogen and oxygen atoms in total. The van der Waals surface area contributed by atoms with Crippen molar-refractivity contribution in [1.29, 1.82) is 0 Å². The Morgan fingerprint density at radius 2 is 1.97 bits per heavy atom. The molecule has 1 aliphatic rings. The summed E-state index contributed by atoms with van der Waals surface area (Å²) >= 11 is 0.694. The first-order valence-electron chi connectivity index (χ1n) is 12.1. The Hall–Kier alpha value is -2.87. The molecule has 38 heavy (non-hydrogen) atoms. The summed E-state index contributed by atoms with van der Waals surface area (Å²) in [5.74, 6) is -1.66. The standard InChI is InChI=1S/C24H30F5N5O3S/c1-5-15(24(27,28)29)32-16-9-13(19(25)26)14(10-30-16)18-17(22(36)34-8-6-7-12(34)2)33-21(38-18)20(35)31-11-23(3,4)37/h9-10,12,15,19,37H,5-8,11H2,1-4H3,(H,30,32)(H,31,35). The van der Waals surface area contributed by atoms with Crippen LogP contribution in [-0.4, -0.2) is 68.7 Å². The smallest absolute Gasteiger partial charge is 0.389 e. The van der Waals surface area contributed by atoms with Crippen LogP contribution in [0.3, 0.4) is 0 Å². The van der Waals surface area contributed by atoms with E-state index in [4.69, 9.17) is 0 Å². The van der Waals surface area contributed by atoms with E-state index in [1.807, 2.05) is 6.92 Å². The van der Waals surface area contributed by atoms with Gasteiger partial charge in [0.1, 0.15) is 17.6 Å². The summed E-state index contributed by atoms with van der Waals surface area (Å²) in [5, 5.41) is 14.3. The Morgan fingerprint density at radius 3 is 2.50 bits per heavy atom. The molecule has 2 aromatic rings. The summed E-state index contributed by atoms with van der Waals surface area (Å²) in [4.78, 5) is 35.7. The van der Waals surface area contributed by atoms with Crippen LogP contribution in [0.25, 0.3) is 10.4 Å². The van der Waals surface area contributed by atoms with Crippen molar-refractivity contribution in [2.45, 2.75) is 77.2 Å². The molecule has 0 aliphatic carbocycles. The van der Waals surface area contributed by atoms with E-state index in [1.165, 1.54) is 25.7 Å². The number of alkyl halides is 5. The van der Waals surface area contributed by atoms with Gasteiger partial charge in [-0.3, -0.25) is 9.59 Å². The van der Waals surface area contributed by atoms with E-state index in [9.17, 15) is 36.6 Å². The number of rotatable bonds is 9. The summed E-state index contributed by atoms with van der Waals surface area (Å²) in [6.45, 7) is 6.38. The zero-order valence-corrected chi connectivity index (χ0v) is 22.1. The first kappa shape index (κ1) is 29.7. The minimum atomic E-state index is -4.62. The predicted octanol–water partition coefficient (Wildman–Crippen LogP) is 5.02. The van der Waals surface area contributed by atoms with Crippen LogP contribution in [0.5, 0.6) is 0 Å². The number of hydrogen-bond acceptors (Lipinski definition) is 7. The number of nitrogens with zero attached hydrogens (tertiary/aromatic N) is 3. The van der Waals surface area contributed by atoms with Crippen molar-refractivity contribution in [3.05, 3.63) is 28.5 Å². The average Bonchev–Trinajstić information content (AvgIpc) is 3.46. The van der Waals surface area contributed by atoms with E-state index >= 15 is 0 Å². The highest BCUT2D eigenvalue weighted by Gasteiger charge is 2.39. The van der Waals surface area contributed by atoms with E-state index in [1.54, 1.807) is 0 Å². The first-order chi connectivity index (χ1) is 17.6. The normalized spacial score (nSPS) is 17.1. The molecule has 1 fully saturated rings. The number of likely N-dealkylation sites (tertiary alicyclic amines) is 1. The Kier molecular flexibility index (Phi) is 8.97. The minimum absolute atomic E-state index is 0.0419. The molecule has 2 atom stereocenters. The lowest BCUT2D eigenvalue weighted by Gasteiger charge is -2.22. The maximum atomic E-state index is 14.2. The molecule has 0 radical (unpaired) electrons. The number of carbonyl (C=O) groups excluding carboxylic acids is 2. The molecule has 1 saturated heterocycles. The second-order valence-corrected chi connectivity index (χ2v) is 10.8. The van der Waals surface area contributed by atoms with Gasteiger partial charge in [-0.05, 0) is 46.1 Å². The number of pyridine rings is 1. The lowest BCUT2D eigenvalue weighted by Crippen LogP contribution is -2.38. The van der Waals surface area contributed by atoms with Crippen molar-refractivity contribution in [1.82, 2.24) is 20.2 Å². The van der Waals surface area contributed by atoms with Gasteiger partial charge >= 0.3 is 6.18 Å². The molecule has 210 valence electrons. The van der Waals surface area contributed by atoms with Gasteiger partial charge in [-0.1, -0.05) is 6.92 Å². The van der Waals surface area contributed by atoms with Crippen LogP contribution in [0.1, 0.15) is 79.2 Å². The number of aromatic nitrogens is 2. The second kappa shape index (κ2) is 11.5. The van der Waals surface area contributed by atoms with Crippen LogP contribution in [0.4, 0.5) is 27.8 Å². The Bertz CT molecular complexity index is 1170. The number of halogens is 5. The molecule has 0 saturated carbocycles. The fourth-order valence-corrected chi connectivity index (χ4v) is 5.01. The third-order valence-electron chi connectivity index (χ3n) is 6.06. The van der Waals surface area contributed by atoms with Crippen molar-refractivity contribution < 1.29 is 36.6 Å². The van der Waals surface area contributed by atoms with Gasteiger partial charge in [-0.25, -0.2) is 18.7 Å². The molecule has 3 rings (SSSR count). The topological polar surface area (TPSA) is 107 Å². The average molecular weight is 564 g/mol. The monoisotopic (exact) mass is 563 g/mol. The molecule has 1 aliphatic heterocycles. The quantitative estimate of drug-likeness (QED) is 0.370. The zero-order valence-electron chi connectivity index (χ0n) is 21.3. The molecule has 14 heteroatoms. The molecular formula is C24H30F5N5O3S. The van der Waals surface area contributed by atoms with Crippen molar-refractivity contribution >= 4 is 29.0 Å². The van der Waals surface area contributed by atoms with Gasteiger partial charge in [0.2, 0.25) is 0 Å². The molecule has 0 bridgehead atoms. The van der Waals surface area contributed by atoms with Crippen LogP contribution in [-0.2, 0) is 0 Å². The van der Waals surface area contributed by atoms with Crippen molar-refractivity contribution in [3.8, 4) is 10.4 Å². The van der Waals surface area contributed by atoms with Gasteiger partial charge in [0.25, 0.3) is 18.2 Å². The summed E-state index contributed by atoms with van der Waals surface area (Å²) < 4.78 is 67.9. The van der Waals surface area contributed by atoms with E-state index < -0.39 is 47.4 Å². The van der Waals surface area contributed by atoms with E-state index in [2.05, 4.69) is 20.6 Å². The Morgan fingerprint density at radius 1 is 1.29 bits per heavy atom. The van der Waals surface area contributed by atoms with Gasteiger partial charge < -0.3 is 20.6 Å². The number of nitrogens with one attached hydrogen (secondary N) is 2. The maximum Gasteiger partial charge on any atom is 0.408 e. The van der Waals surface area contributed by atoms with Gasteiger partial charge in [0, 0.05) is 36.5 Å². The highest BCUT2D eigenvalue weighted by molar-refractivity contribution is 7.17. The molecule has 0 aromatic carbocycles. The van der Waals surface area contributed by atoms with Crippen LogP contribution >= 0.6 is 11.3 Å². The molecule has 0 spiro atoms. The highest BCUT2D eigenvalue weighted by Crippen LogP contribution is 2.39. The van der Waals surface area contributed by atoms with Crippen molar-refractivity contribution in [3.63, 3.8) is 0 Å². The van der Waals surface area contributed by atoms with Crippen molar-refractivity contribution in [2.75, 3.05) is 18.4 Å². The summed E-state index contributed by atoms with van der Waals surface area (Å²) in [5.41, 5.74) is -2.32. The van der Waals surface area contributed by atoms with Gasteiger partial charge in [-0.15, -0.1) is 11.3 Å². The highest BCUT2D eigenvalue weighted by atomic mass is 32.1. The van der Waals surface area contributed by atoms with E-state index in [0.717, 1.165) is 25.1 Å². The molecule has 2 amide bonds. The largest absolute Gasteiger partial charge is 0.408 e. The van der Waals surface area contributed by atoms with Crippen LogP contribution in [0.15, 0.2) is 12.3 Å². The fraction of sp³-hybridized carbons (Fsp3) is 0.583. The number of carbonyl (C=O) groups is 2. The molecule has 2 unspecified atom stereocenters. The number of thiazole rings is 1. The lowest BCUT2D eigenvalue weighted by molar-refractivity contribution is -0.142. The van der Waals surface area contributed by atoms with Gasteiger partial charge in [0.15, 0.2) is 5.01 Å². The number of amides is 2. The Balaban J connectivity index is 2.08. The first-order valence-corrected chi connectivity index (χ1v) is 12.9. The van der Waals surface area contributed by atoms with Crippen LogP contribution < -0.4 is 10.6 Å². The van der Waals surface area contributed by atoms with E-state index in [-0.39, 0.29) is 40.1 Å². The predicted molar refractivity (Wildman–Crippen MR) is 132 cm³/mol. The van der Waals surface area contributed by atoms with E-state index in [0.29, 0.717) is 17.9 Å². The number of anilines is 1. The fourth-order valence-electron chi connectivity index (χ4n) is 4.00. The maximum absolute atomic E-state index is 14.2. The molecule has 2 aromatic heterocycles. The van der Waals surface area contributed by atoms with Gasteiger partial charge in [-0.2, -0.15) is 13.2 Å². The minimum Gasteiger partial charge on any atom is -0.389 e. The number of hydrogen-bond donors (Lipinski definition) is 3. The van der Waals surface area contributed by atoms with Crippen LogP contribution in [0.2, 0.25) is 0 Å². The van der Waals surface area contributed by atoms with Gasteiger partial charge in [0.05, 0.1) is 10.5 Å². The molecule has 3 heterocycles. The lowest BCUT2D eigenvalue weighted by atomic mass is 10.1. The third kappa shape index (κ3) is 6.95. The molecular weight excluding hydrogens is 533 g/mol. The zero-order chi connectivity index (χ0) is 28.4. The summed E-state index contributed by atoms with van der Waals surface area (Å²) in [6.07, 6.45) is -5.64. The van der Waals surface area contributed by atoms with Crippen LogP contribution in [0, 0.1) is 0 Å². The van der Waals surface area contributed by atoms with Crippen molar-refractivity contribution in [2.24, 2.45) is 0 Å². The molecule has 3 N–H and O–H groups in total. The Labute approximate surface area is 220 Å².